The van der Waals surface area contributed by atoms with Crippen LogP contribution in [0.1, 0.15) is 17.5 Å². The molecule has 6 heteroatoms. The summed E-state index contributed by atoms with van der Waals surface area (Å²) in [6.45, 7) is 0.676. The molecule has 1 heterocycles. The zero-order valence-electron chi connectivity index (χ0n) is 11.9. The predicted molar refractivity (Wildman–Crippen MR) is 84.0 cm³/mol. The highest BCUT2D eigenvalue weighted by Gasteiger charge is 2.09. The van der Waals surface area contributed by atoms with E-state index in [0.29, 0.717) is 18.1 Å². The lowest BCUT2D eigenvalue weighted by atomic mass is 10.2. The monoisotopic (exact) mass is 317 g/mol. The van der Waals surface area contributed by atoms with E-state index in [1.54, 1.807) is 30.6 Å². The Labute approximate surface area is 133 Å². The first-order valence-corrected chi connectivity index (χ1v) is 7.18. The first-order chi connectivity index (χ1) is 10.6. The number of carbonyl (C=O) groups excluding carboxylic acids is 2. The van der Waals surface area contributed by atoms with Crippen LogP contribution in [-0.2, 0) is 22.7 Å². The largest absolute Gasteiger partial charge is 0.352 e. The van der Waals surface area contributed by atoms with Crippen molar-refractivity contribution in [1.82, 2.24) is 15.6 Å². The van der Waals surface area contributed by atoms with E-state index >= 15 is 0 Å². The molecule has 0 bridgehead atoms. The van der Waals surface area contributed by atoms with Crippen molar-refractivity contribution < 1.29 is 9.59 Å². The third-order valence-electron chi connectivity index (χ3n) is 2.99. The minimum Gasteiger partial charge on any atom is -0.352 e. The lowest BCUT2D eigenvalue weighted by Gasteiger charge is -2.07. The zero-order chi connectivity index (χ0) is 15.8. The molecule has 1 aromatic carbocycles. The van der Waals surface area contributed by atoms with Gasteiger partial charge in [-0.2, -0.15) is 0 Å². The van der Waals surface area contributed by atoms with E-state index in [1.807, 2.05) is 18.2 Å². The topological polar surface area (TPSA) is 71.1 Å². The molecule has 0 spiro atoms. The lowest BCUT2D eigenvalue weighted by molar-refractivity contribution is -0.129. The number of hydrogen-bond acceptors (Lipinski definition) is 3. The summed E-state index contributed by atoms with van der Waals surface area (Å²) < 4.78 is 0. The van der Waals surface area contributed by atoms with Gasteiger partial charge in [0.1, 0.15) is 6.42 Å². The molecule has 0 fully saturated rings. The van der Waals surface area contributed by atoms with Crippen molar-refractivity contribution in [2.24, 2.45) is 0 Å². The van der Waals surface area contributed by atoms with Crippen LogP contribution in [0.4, 0.5) is 0 Å². The van der Waals surface area contributed by atoms with Crippen LogP contribution in [0.25, 0.3) is 0 Å². The van der Waals surface area contributed by atoms with Crippen LogP contribution in [-0.4, -0.2) is 16.8 Å². The van der Waals surface area contributed by atoms with Gasteiger partial charge in [0.25, 0.3) is 0 Å². The van der Waals surface area contributed by atoms with E-state index in [2.05, 4.69) is 15.6 Å². The molecule has 0 aliphatic rings. The first kappa shape index (κ1) is 16.0. The summed E-state index contributed by atoms with van der Waals surface area (Å²) in [7, 11) is 0. The van der Waals surface area contributed by atoms with E-state index in [1.165, 1.54) is 0 Å². The number of carbonyl (C=O) groups is 2. The molecule has 0 aliphatic heterocycles. The third kappa shape index (κ3) is 5.18. The van der Waals surface area contributed by atoms with Gasteiger partial charge in [-0.1, -0.05) is 29.8 Å². The summed E-state index contributed by atoms with van der Waals surface area (Å²) in [4.78, 5) is 27.3. The van der Waals surface area contributed by atoms with E-state index in [9.17, 15) is 9.59 Å². The van der Waals surface area contributed by atoms with Crippen LogP contribution in [0, 0.1) is 0 Å². The quantitative estimate of drug-likeness (QED) is 0.801. The zero-order valence-corrected chi connectivity index (χ0v) is 12.6. The molecule has 0 unspecified atom stereocenters. The molecular formula is C16H16ClN3O2. The molecule has 2 N–H and O–H groups in total. The SMILES string of the molecule is O=C(CC(=O)NCc1ccccc1Cl)NCc1ccncc1. The number of halogens is 1. The molecule has 2 amide bonds. The number of hydrogen-bond donors (Lipinski definition) is 2. The molecule has 0 saturated carbocycles. The van der Waals surface area contributed by atoms with Crippen molar-refractivity contribution in [2.45, 2.75) is 19.5 Å². The van der Waals surface area contributed by atoms with Gasteiger partial charge in [0.15, 0.2) is 0 Å². The van der Waals surface area contributed by atoms with Crippen molar-refractivity contribution in [3.8, 4) is 0 Å². The lowest BCUT2D eigenvalue weighted by Crippen LogP contribution is -2.31. The Morgan fingerprint density at radius 1 is 0.955 bits per heavy atom. The highest BCUT2D eigenvalue weighted by Crippen LogP contribution is 2.14. The Morgan fingerprint density at radius 2 is 1.59 bits per heavy atom. The summed E-state index contributed by atoms with van der Waals surface area (Å²) in [5, 5.41) is 5.95. The highest BCUT2D eigenvalue weighted by molar-refractivity contribution is 6.31. The van der Waals surface area contributed by atoms with Gasteiger partial charge >= 0.3 is 0 Å². The molecule has 5 nitrogen and oxygen atoms in total. The Morgan fingerprint density at radius 3 is 2.27 bits per heavy atom. The number of aromatic nitrogens is 1. The first-order valence-electron chi connectivity index (χ1n) is 6.81. The second-order valence-corrected chi connectivity index (χ2v) is 5.08. The van der Waals surface area contributed by atoms with Crippen molar-refractivity contribution in [1.29, 1.82) is 0 Å². The summed E-state index contributed by atoms with van der Waals surface area (Å²) in [5.74, 6) is -0.666. The van der Waals surface area contributed by atoms with E-state index in [0.717, 1.165) is 11.1 Å². The third-order valence-corrected chi connectivity index (χ3v) is 3.36. The van der Waals surface area contributed by atoms with Gasteiger partial charge in [0.2, 0.25) is 11.8 Å². The maximum absolute atomic E-state index is 11.7. The molecular weight excluding hydrogens is 302 g/mol. The van der Waals surface area contributed by atoms with Crippen molar-refractivity contribution in [3.63, 3.8) is 0 Å². The number of pyridine rings is 1. The highest BCUT2D eigenvalue weighted by atomic mass is 35.5. The molecule has 0 radical (unpaired) electrons. The number of nitrogens with one attached hydrogen (secondary N) is 2. The molecule has 0 atom stereocenters. The standard InChI is InChI=1S/C16H16ClN3O2/c17-14-4-2-1-3-13(14)11-20-16(22)9-15(21)19-10-12-5-7-18-8-6-12/h1-8H,9-11H2,(H,19,21)(H,20,22). The summed E-state index contributed by atoms with van der Waals surface area (Å²) in [6, 6.07) is 10.8. The van der Waals surface area contributed by atoms with Gasteiger partial charge in [-0.15, -0.1) is 0 Å². The van der Waals surface area contributed by atoms with Gasteiger partial charge < -0.3 is 10.6 Å². The predicted octanol–water partition coefficient (Wildman–Crippen LogP) is 2.06. The van der Waals surface area contributed by atoms with Crippen LogP contribution in [0.15, 0.2) is 48.8 Å². The molecule has 0 aliphatic carbocycles. The maximum Gasteiger partial charge on any atom is 0.229 e. The second-order valence-electron chi connectivity index (χ2n) is 4.68. The van der Waals surface area contributed by atoms with Crippen LogP contribution < -0.4 is 10.6 Å². The minimum atomic E-state index is -0.341. The Bertz CT molecular complexity index is 647. The van der Waals surface area contributed by atoms with E-state index in [4.69, 9.17) is 11.6 Å². The van der Waals surface area contributed by atoms with Gasteiger partial charge in [-0.05, 0) is 29.3 Å². The molecule has 2 rings (SSSR count). The van der Waals surface area contributed by atoms with Gasteiger partial charge in [0, 0.05) is 30.5 Å². The number of nitrogens with zero attached hydrogens (tertiary/aromatic N) is 1. The maximum atomic E-state index is 11.7. The minimum absolute atomic E-state index is 0.213. The van der Waals surface area contributed by atoms with Crippen LogP contribution in [0.2, 0.25) is 5.02 Å². The van der Waals surface area contributed by atoms with Crippen molar-refractivity contribution in [2.75, 3.05) is 0 Å². The normalized spacial score (nSPS) is 10.0. The molecule has 1 aromatic heterocycles. The van der Waals surface area contributed by atoms with Gasteiger partial charge in [-0.25, -0.2) is 0 Å². The van der Waals surface area contributed by atoms with Crippen molar-refractivity contribution in [3.05, 3.63) is 64.9 Å². The van der Waals surface area contributed by atoms with Gasteiger partial charge in [0.05, 0.1) is 0 Å². The van der Waals surface area contributed by atoms with Crippen LogP contribution in [0.3, 0.4) is 0 Å². The van der Waals surface area contributed by atoms with Crippen LogP contribution >= 0.6 is 11.6 Å². The molecule has 0 saturated heterocycles. The summed E-state index contributed by atoms with van der Waals surface area (Å²) >= 11 is 6.00. The number of amides is 2. The van der Waals surface area contributed by atoms with Gasteiger partial charge in [-0.3, -0.25) is 14.6 Å². The Balaban J connectivity index is 1.72. The smallest absolute Gasteiger partial charge is 0.229 e. The molecule has 22 heavy (non-hydrogen) atoms. The Hall–Kier alpha value is -2.40. The fraction of sp³-hybridized carbons (Fsp3) is 0.188. The van der Waals surface area contributed by atoms with Crippen molar-refractivity contribution >= 4 is 23.4 Å². The molecule has 114 valence electrons. The second kappa shape index (κ2) is 8.14. The molecule has 2 aromatic rings. The number of benzene rings is 1. The average molecular weight is 318 g/mol. The van der Waals surface area contributed by atoms with E-state index < -0.39 is 0 Å². The summed E-state index contributed by atoms with van der Waals surface area (Å²) in [6.07, 6.45) is 3.09. The number of rotatable bonds is 6. The summed E-state index contributed by atoms with van der Waals surface area (Å²) in [5.41, 5.74) is 1.74. The fourth-order valence-electron chi connectivity index (χ4n) is 1.81. The van der Waals surface area contributed by atoms with Crippen LogP contribution in [0.5, 0.6) is 0 Å². The average Bonchev–Trinajstić information content (AvgIpc) is 2.53. The fourth-order valence-corrected chi connectivity index (χ4v) is 2.01. The Kier molecular flexibility index (Phi) is 5.91. The van der Waals surface area contributed by atoms with E-state index in [-0.39, 0.29) is 18.2 Å².